The Hall–Kier alpha value is -2.60. The first-order valence-electron chi connectivity index (χ1n) is 7.35. The molecule has 0 radical (unpaired) electrons. The van der Waals surface area contributed by atoms with Gasteiger partial charge in [-0.15, -0.1) is 0 Å². The second-order valence-corrected chi connectivity index (χ2v) is 5.62. The fourth-order valence-electron chi connectivity index (χ4n) is 2.83. The van der Waals surface area contributed by atoms with Gasteiger partial charge in [-0.2, -0.15) is 0 Å². The van der Waals surface area contributed by atoms with Crippen molar-refractivity contribution in [1.29, 1.82) is 0 Å². The molecule has 0 spiro atoms. The van der Waals surface area contributed by atoms with Crippen molar-refractivity contribution >= 4 is 27.8 Å². The van der Waals surface area contributed by atoms with Crippen LogP contribution in [-0.2, 0) is 11.3 Å². The van der Waals surface area contributed by atoms with Gasteiger partial charge in [-0.05, 0) is 32.4 Å². The lowest BCUT2D eigenvalue weighted by molar-refractivity contribution is -0.119. The molecule has 3 aromatic rings. The lowest BCUT2D eigenvalue weighted by Gasteiger charge is -2.06. The normalized spacial score (nSPS) is 11.3. The van der Waals surface area contributed by atoms with Gasteiger partial charge in [0.1, 0.15) is 16.9 Å². The number of aryl methyl sites for hydroxylation is 3. The molecule has 2 heterocycles. The van der Waals surface area contributed by atoms with E-state index < -0.39 is 0 Å². The molecule has 6 nitrogen and oxygen atoms in total. The summed E-state index contributed by atoms with van der Waals surface area (Å²) in [6, 6.07) is 3.41. The maximum absolute atomic E-state index is 11.6. The van der Waals surface area contributed by atoms with E-state index in [1.54, 1.807) is 0 Å². The van der Waals surface area contributed by atoms with Crippen LogP contribution in [0.1, 0.15) is 22.5 Å². The topological polar surface area (TPSA) is 98.5 Å². The highest BCUT2D eigenvalue weighted by Crippen LogP contribution is 2.34. The van der Waals surface area contributed by atoms with Crippen LogP contribution in [0.2, 0.25) is 0 Å². The molecule has 1 amide bonds. The molecule has 6 heteroatoms. The summed E-state index contributed by atoms with van der Waals surface area (Å²) in [7, 11) is 0. The van der Waals surface area contributed by atoms with Crippen LogP contribution in [0.5, 0.6) is 0 Å². The second-order valence-electron chi connectivity index (χ2n) is 5.62. The Labute approximate surface area is 132 Å². The van der Waals surface area contributed by atoms with Crippen LogP contribution in [0.25, 0.3) is 21.9 Å². The van der Waals surface area contributed by atoms with Crippen LogP contribution in [0, 0.1) is 20.8 Å². The summed E-state index contributed by atoms with van der Waals surface area (Å²) in [6.07, 6.45) is 0. The predicted octanol–water partition coefficient (Wildman–Crippen LogP) is 2.04. The average molecular weight is 314 g/mol. The third kappa shape index (κ3) is 2.51. The zero-order valence-corrected chi connectivity index (χ0v) is 13.3. The highest BCUT2D eigenvalue weighted by Gasteiger charge is 2.18. The highest BCUT2D eigenvalue weighted by molar-refractivity contribution is 6.00. The summed E-state index contributed by atoms with van der Waals surface area (Å²) in [5.74, 6) is 0.495. The molecule has 2 aromatic heterocycles. The maximum Gasteiger partial charge on any atom is 0.336 e. The molecule has 0 aliphatic heterocycles. The van der Waals surface area contributed by atoms with Crippen molar-refractivity contribution in [3.05, 3.63) is 45.0 Å². The van der Waals surface area contributed by atoms with Gasteiger partial charge in [-0.3, -0.25) is 4.79 Å². The van der Waals surface area contributed by atoms with Gasteiger partial charge in [0.2, 0.25) is 5.91 Å². The number of carbonyl (C=O) groups excluding carboxylic acids is 1. The quantitative estimate of drug-likeness (QED) is 0.721. The van der Waals surface area contributed by atoms with Crippen molar-refractivity contribution in [3.63, 3.8) is 0 Å². The molecule has 0 saturated carbocycles. The number of hydrogen-bond acceptors (Lipinski definition) is 5. The fraction of sp³-hybridized carbons (Fsp3) is 0.294. The van der Waals surface area contributed by atoms with Gasteiger partial charge in [-0.1, -0.05) is 0 Å². The molecular formula is C17H18N2O4. The van der Waals surface area contributed by atoms with Crippen LogP contribution in [0.3, 0.4) is 0 Å². The first-order valence-corrected chi connectivity index (χ1v) is 7.35. The number of hydrogen-bond donors (Lipinski definition) is 2. The molecule has 0 unspecified atom stereocenters. The zero-order chi connectivity index (χ0) is 16.7. The highest BCUT2D eigenvalue weighted by atomic mass is 16.4. The minimum atomic E-state index is -0.379. The third-order valence-corrected chi connectivity index (χ3v) is 4.07. The summed E-state index contributed by atoms with van der Waals surface area (Å²) in [5.41, 5.74) is 8.66. The SMILES string of the molecule is Cc1oc2c(C)c3oc(=O)cc(C)c3cc2c1CNC(=O)CN. The average Bonchev–Trinajstić information content (AvgIpc) is 2.82. The van der Waals surface area contributed by atoms with Crippen LogP contribution in [0.4, 0.5) is 0 Å². The molecule has 23 heavy (non-hydrogen) atoms. The van der Waals surface area contributed by atoms with Gasteiger partial charge in [-0.25, -0.2) is 4.79 Å². The number of nitrogens with one attached hydrogen (secondary N) is 1. The minimum absolute atomic E-state index is 0.0545. The van der Waals surface area contributed by atoms with Gasteiger partial charge in [0, 0.05) is 34.5 Å². The van der Waals surface area contributed by atoms with Crippen LogP contribution >= 0.6 is 0 Å². The van der Waals surface area contributed by atoms with Crippen molar-refractivity contribution in [3.8, 4) is 0 Å². The van der Waals surface area contributed by atoms with Crippen LogP contribution in [0.15, 0.2) is 25.8 Å². The summed E-state index contributed by atoms with van der Waals surface area (Å²) >= 11 is 0. The van der Waals surface area contributed by atoms with E-state index in [0.29, 0.717) is 17.7 Å². The number of carbonyl (C=O) groups is 1. The second kappa shape index (κ2) is 5.55. The number of amides is 1. The molecule has 1 aromatic carbocycles. The van der Waals surface area contributed by atoms with Gasteiger partial charge in [0.25, 0.3) is 0 Å². The number of nitrogens with two attached hydrogens (primary N) is 1. The summed E-state index contributed by atoms with van der Waals surface area (Å²) in [5, 5.41) is 4.53. The molecule has 0 saturated heterocycles. The number of fused-ring (bicyclic) bond motifs is 2. The first kappa shape index (κ1) is 15.3. The molecule has 0 aliphatic rings. The van der Waals surface area contributed by atoms with E-state index in [1.807, 2.05) is 26.8 Å². The Morgan fingerprint density at radius 2 is 1.83 bits per heavy atom. The van der Waals surface area contributed by atoms with E-state index in [9.17, 15) is 9.59 Å². The van der Waals surface area contributed by atoms with E-state index >= 15 is 0 Å². The molecule has 0 fully saturated rings. The summed E-state index contributed by atoms with van der Waals surface area (Å²) in [4.78, 5) is 23.0. The molecule has 0 bridgehead atoms. The molecule has 120 valence electrons. The predicted molar refractivity (Wildman–Crippen MR) is 87.4 cm³/mol. The number of furan rings is 1. The van der Waals surface area contributed by atoms with Crippen molar-refractivity contribution < 1.29 is 13.6 Å². The Balaban J connectivity index is 2.26. The first-order chi connectivity index (χ1) is 10.9. The van der Waals surface area contributed by atoms with E-state index in [0.717, 1.165) is 33.2 Å². The molecule has 0 atom stereocenters. The van der Waals surface area contributed by atoms with Crippen LogP contribution < -0.4 is 16.7 Å². The monoisotopic (exact) mass is 314 g/mol. The van der Waals surface area contributed by atoms with Gasteiger partial charge in [0.15, 0.2) is 0 Å². The maximum atomic E-state index is 11.6. The largest absolute Gasteiger partial charge is 0.461 e. The Morgan fingerprint density at radius 1 is 1.13 bits per heavy atom. The minimum Gasteiger partial charge on any atom is -0.461 e. The van der Waals surface area contributed by atoms with E-state index in [2.05, 4.69) is 5.32 Å². The smallest absolute Gasteiger partial charge is 0.336 e. The van der Waals surface area contributed by atoms with Gasteiger partial charge in [0.05, 0.1) is 6.54 Å². The summed E-state index contributed by atoms with van der Waals surface area (Å²) < 4.78 is 11.2. The Bertz CT molecular complexity index is 982. The van der Waals surface area contributed by atoms with E-state index in [-0.39, 0.29) is 18.1 Å². The van der Waals surface area contributed by atoms with E-state index in [4.69, 9.17) is 14.6 Å². The number of benzene rings is 1. The van der Waals surface area contributed by atoms with Crippen molar-refractivity contribution in [1.82, 2.24) is 5.32 Å². The lowest BCUT2D eigenvalue weighted by atomic mass is 10.0. The van der Waals surface area contributed by atoms with Crippen molar-refractivity contribution in [2.45, 2.75) is 27.3 Å². The standard InChI is InChI=1S/C17H18N2O4/c1-8-4-15(21)23-16-9(2)17-12(5-11(8)16)13(10(3)22-17)7-19-14(20)6-18/h4-5H,6-7,18H2,1-3H3,(H,19,20). The number of rotatable bonds is 3. The van der Waals surface area contributed by atoms with Crippen molar-refractivity contribution in [2.75, 3.05) is 6.54 Å². The Kier molecular flexibility index (Phi) is 3.69. The van der Waals surface area contributed by atoms with Gasteiger partial charge < -0.3 is 19.9 Å². The lowest BCUT2D eigenvalue weighted by Crippen LogP contribution is -2.29. The fourth-order valence-corrected chi connectivity index (χ4v) is 2.83. The summed E-state index contributed by atoms with van der Waals surface area (Å²) in [6.45, 7) is 5.86. The Morgan fingerprint density at radius 3 is 2.52 bits per heavy atom. The molecular weight excluding hydrogens is 296 g/mol. The molecule has 0 aliphatic carbocycles. The van der Waals surface area contributed by atoms with Crippen molar-refractivity contribution in [2.24, 2.45) is 5.73 Å². The molecule has 3 N–H and O–H groups in total. The van der Waals surface area contributed by atoms with Gasteiger partial charge >= 0.3 is 5.63 Å². The van der Waals surface area contributed by atoms with E-state index in [1.165, 1.54) is 6.07 Å². The third-order valence-electron chi connectivity index (χ3n) is 4.07. The van der Waals surface area contributed by atoms with Crippen LogP contribution in [-0.4, -0.2) is 12.5 Å². The molecule has 3 rings (SSSR count). The zero-order valence-electron chi connectivity index (χ0n) is 13.3.